The number of esters is 1. The highest BCUT2D eigenvalue weighted by Gasteiger charge is 2.15. The zero-order valence-electron chi connectivity index (χ0n) is 13.4. The summed E-state index contributed by atoms with van der Waals surface area (Å²) in [6.07, 6.45) is 0. The Labute approximate surface area is 141 Å². The number of rotatable bonds is 6. The molecule has 0 aliphatic heterocycles. The first-order valence-corrected chi connectivity index (χ1v) is 8.34. The van der Waals surface area contributed by atoms with Gasteiger partial charge in [0.15, 0.2) is 6.61 Å². The van der Waals surface area contributed by atoms with Gasteiger partial charge in [-0.05, 0) is 37.1 Å². The molecule has 2 aromatic rings. The Morgan fingerprint density at radius 2 is 1.88 bits per heavy atom. The molecule has 126 valence electrons. The van der Waals surface area contributed by atoms with Crippen LogP contribution in [0.5, 0.6) is 5.75 Å². The molecular weight excluding hydrogens is 330 g/mol. The molecule has 0 aliphatic rings. The molecule has 0 unspecified atom stereocenters. The average molecular weight is 347 g/mol. The van der Waals surface area contributed by atoms with Gasteiger partial charge in [-0.1, -0.05) is 30.3 Å². The Bertz CT molecular complexity index is 852. The van der Waals surface area contributed by atoms with E-state index in [-0.39, 0.29) is 24.7 Å². The molecule has 0 aromatic heterocycles. The van der Waals surface area contributed by atoms with Crippen molar-refractivity contribution >= 4 is 22.2 Å². The molecule has 0 saturated carbocycles. The summed E-state index contributed by atoms with van der Waals surface area (Å²) in [6.45, 7) is 3.47. The number of nitrogens with zero attached hydrogens (tertiary/aromatic N) is 1. The lowest BCUT2D eigenvalue weighted by Gasteiger charge is -2.13. The highest BCUT2D eigenvalue weighted by Crippen LogP contribution is 2.39. The first kappa shape index (κ1) is 17.7. The number of hydrogen-bond acceptors (Lipinski definition) is 6. The van der Waals surface area contributed by atoms with Crippen LogP contribution in [0.15, 0.2) is 46.8 Å². The van der Waals surface area contributed by atoms with Crippen LogP contribution < -0.4 is 4.74 Å². The van der Waals surface area contributed by atoms with Gasteiger partial charge in [-0.3, -0.25) is 0 Å². The molecule has 0 radical (unpaired) electrons. The van der Waals surface area contributed by atoms with Crippen LogP contribution in [-0.2, 0) is 20.0 Å². The smallest absolute Gasteiger partial charge is 0.344 e. The molecule has 0 spiro atoms. The predicted molar refractivity (Wildman–Crippen MR) is 89.8 cm³/mol. The van der Waals surface area contributed by atoms with Crippen LogP contribution in [0, 0.1) is 6.92 Å². The van der Waals surface area contributed by atoms with Crippen LogP contribution in [-0.4, -0.2) is 27.6 Å². The van der Waals surface area contributed by atoms with Crippen LogP contribution in [0.4, 0.5) is 5.69 Å². The minimum Gasteiger partial charge on any atom is -0.480 e. The third-order valence-corrected chi connectivity index (χ3v) is 3.45. The maximum Gasteiger partial charge on any atom is 0.344 e. The van der Waals surface area contributed by atoms with Gasteiger partial charge in [0.05, 0.1) is 6.61 Å². The summed E-state index contributed by atoms with van der Waals surface area (Å²) < 4.78 is 36.1. The predicted octanol–water partition coefficient (Wildman–Crippen LogP) is 3.30. The Kier molecular flexibility index (Phi) is 6.08. The summed E-state index contributed by atoms with van der Waals surface area (Å²) in [6, 6.07) is 12.7. The molecule has 0 saturated heterocycles. The monoisotopic (exact) mass is 347 g/mol. The van der Waals surface area contributed by atoms with Crippen molar-refractivity contribution in [2.45, 2.75) is 13.8 Å². The van der Waals surface area contributed by atoms with E-state index in [4.69, 9.17) is 9.47 Å². The van der Waals surface area contributed by atoms with Crippen molar-refractivity contribution in [1.29, 1.82) is 0 Å². The van der Waals surface area contributed by atoms with Crippen molar-refractivity contribution in [2.24, 2.45) is 4.36 Å². The minimum absolute atomic E-state index is 0.157. The van der Waals surface area contributed by atoms with E-state index in [2.05, 4.69) is 4.36 Å². The van der Waals surface area contributed by atoms with Crippen LogP contribution >= 0.6 is 0 Å². The van der Waals surface area contributed by atoms with Crippen molar-refractivity contribution in [3.63, 3.8) is 0 Å². The zero-order chi connectivity index (χ0) is 17.5. The number of carbonyl (C=O) groups is 1. The molecule has 24 heavy (non-hydrogen) atoms. The van der Waals surface area contributed by atoms with E-state index in [1.54, 1.807) is 13.0 Å². The molecule has 7 heteroatoms. The lowest BCUT2D eigenvalue weighted by molar-refractivity contribution is -0.145. The van der Waals surface area contributed by atoms with Gasteiger partial charge in [-0.15, -0.1) is 4.36 Å². The Balaban J connectivity index is 2.52. The highest BCUT2D eigenvalue weighted by atomic mass is 32.2. The summed E-state index contributed by atoms with van der Waals surface area (Å²) in [5, 5.41) is 0. The fourth-order valence-electron chi connectivity index (χ4n) is 2.20. The average Bonchev–Trinajstić information content (AvgIpc) is 2.55. The molecule has 6 nitrogen and oxygen atoms in total. The standard InChI is InChI=1S/C17H17NO5S/c1-3-22-16(19)11-23-15-10-12(2)9-14(17(15)18-24(20)21)13-7-5-4-6-8-13/h4-10H,3,11H2,1-2H3. The zero-order valence-corrected chi connectivity index (χ0v) is 14.2. The maximum atomic E-state index is 11.5. The van der Waals surface area contributed by atoms with Crippen LogP contribution in [0.2, 0.25) is 0 Å². The van der Waals surface area contributed by atoms with Crippen LogP contribution in [0.25, 0.3) is 11.1 Å². The van der Waals surface area contributed by atoms with E-state index in [0.29, 0.717) is 5.56 Å². The van der Waals surface area contributed by atoms with E-state index in [9.17, 15) is 13.2 Å². The van der Waals surface area contributed by atoms with E-state index in [1.165, 1.54) is 0 Å². The summed E-state index contributed by atoms with van der Waals surface area (Å²) >= 11 is 0. The lowest BCUT2D eigenvalue weighted by Crippen LogP contribution is -2.14. The number of aryl methyl sites for hydroxylation is 1. The Morgan fingerprint density at radius 1 is 1.17 bits per heavy atom. The molecule has 0 bridgehead atoms. The molecule has 0 fully saturated rings. The first-order chi connectivity index (χ1) is 11.5. The van der Waals surface area contributed by atoms with E-state index in [0.717, 1.165) is 11.1 Å². The SMILES string of the molecule is CCOC(=O)COc1cc(C)cc(-c2ccccc2)c1N=S(=O)=O. The third-order valence-electron chi connectivity index (χ3n) is 3.12. The van der Waals surface area contributed by atoms with Crippen molar-refractivity contribution < 1.29 is 22.7 Å². The quantitative estimate of drug-likeness (QED) is 0.749. The molecule has 2 aromatic carbocycles. The summed E-state index contributed by atoms with van der Waals surface area (Å²) in [4.78, 5) is 11.5. The van der Waals surface area contributed by atoms with Gasteiger partial charge in [0, 0.05) is 5.56 Å². The molecule has 0 heterocycles. The van der Waals surface area contributed by atoms with Crippen LogP contribution in [0.1, 0.15) is 12.5 Å². The fraction of sp³-hybridized carbons (Fsp3) is 0.235. The number of hydrogen-bond donors (Lipinski definition) is 0. The summed E-state index contributed by atoms with van der Waals surface area (Å²) in [5.74, 6) is -0.319. The second-order valence-electron chi connectivity index (χ2n) is 4.93. The molecule has 0 aliphatic carbocycles. The maximum absolute atomic E-state index is 11.5. The van der Waals surface area contributed by atoms with Gasteiger partial charge in [-0.25, -0.2) is 4.79 Å². The van der Waals surface area contributed by atoms with E-state index < -0.39 is 16.5 Å². The molecule has 2 rings (SSSR count). The van der Waals surface area contributed by atoms with Gasteiger partial charge in [0.25, 0.3) is 0 Å². The molecule has 0 N–H and O–H groups in total. The summed E-state index contributed by atoms with van der Waals surface area (Å²) in [7, 11) is -2.66. The summed E-state index contributed by atoms with van der Waals surface area (Å²) in [5.41, 5.74) is 2.41. The third kappa shape index (κ3) is 4.66. The minimum atomic E-state index is -2.66. The topological polar surface area (TPSA) is 82.0 Å². The Morgan fingerprint density at radius 3 is 2.50 bits per heavy atom. The lowest BCUT2D eigenvalue weighted by atomic mass is 10.0. The van der Waals surface area contributed by atoms with Gasteiger partial charge in [-0.2, -0.15) is 8.42 Å². The largest absolute Gasteiger partial charge is 0.480 e. The normalized spacial score (nSPS) is 10.1. The highest BCUT2D eigenvalue weighted by molar-refractivity contribution is 7.61. The first-order valence-electron chi connectivity index (χ1n) is 7.31. The van der Waals surface area contributed by atoms with E-state index in [1.807, 2.05) is 43.3 Å². The number of benzene rings is 2. The number of ether oxygens (including phenoxy) is 2. The van der Waals surface area contributed by atoms with Gasteiger partial charge >= 0.3 is 16.5 Å². The van der Waals surface area contributed by atoms with Gasteiger partial charge < -0.3 is 9.47 Å². The van der Waals surface area contributed by atoms with E-state index >= 15 is 0 Å². The van der Waals surface area contributed by atoms with Crippen LogP contribution in [0.3, 0.4) is 0 Å². The molecular formula is C17H17NO5S. The van der Waals surface area contributed by atoms with Gasteiger partial charge in [0.2, 0.25) is 0 Å². The Hall–Kier alpha value is -2.67. The molecule has 0 atom stereocenters. The number of carbonyl (C=O) groups excluding carboxylic acids is 1. The van der Waals surface area contributed by atoms with Crippen molar-refractivity contribution in [2.75, 3.05) is 13.2 Å². The van der Waals surface area contributed by atoms with Crippen molar-refractivity contribution in [1.82, 2.24) is 0 Å². The van der Waals surface area contributed by atoms with Gasteiger partial charge in [0.1, 0.15) is 11.4 Å². The van der Waals surface area contributed by atoms with Crippen molar-refractivity contribution in [3.05, 3.63) is 48.0 Å². The second-order valence-corrected chi connectivity index (χ2v) is 5.54. The van der Waals surface area contributed by atoms with Crippen molar-refractivity contribution in [3.8, 4) is 16.9 Å². The fourth-order valence-corrected chi connectivity index (χ4v) is 2.54. The second kappa shape index (κ2) is 8.26. The molecule has 0 amide bonds.